The predicted molar refractivity (Wildman–Crippen MR) is 59.1 cm³/mol. The second-order valence-corrected chi connectivity index (χ2v) is 6.99. The molecule has 16 heavy (non-hydrogen) atoms. The summed E-state index contributed by atoms with van der Waals surface area (Å²) in [7, 11) is -2.93. The van der Waals surface area contributed by atoms with E-state index < -0.39 is 21.3 Å². The van der Waals surface area contributed by atoms with Gasteiger partial charge in [0.25, 0.3) is 0 Å². The number of aliphatic carboxylic acids is 1. The number of hydrogen-bond donors (Lipinski definition) is 1. The lowest BCUT2D eigenvalue weighted by Crippen LogP contribution is -2.57. The van der Waals surface area contributed by atoms with E-state index in [4.69, 9.17) is 0 Å². The van der Waals surface area contributed by atoms with E-state index in [0.29, 0.717) is 25.9 Å². The molecular formula is C10H17NO4S. The van der Waals surface area contributed by atoms with E-state index in [-0.39, 0.29) is 11.5 Å². The average Bonchev–Trinajstić information content (AvgIpc) is 2.67. The van der Waals surface area contributed by atoms with Gasteiger partial charge in [-0.1, -0.05) is 12.8 Å². The molecule has 1 aliphatic carbocycles. The highest BCUT2D eigenvalue weighted by atomic mass is 32.2. The zero-order chi connectivity index (χ0) is 11.8. The highest BCUT2D eigenvalue weighted by Crippen LogP contribution is 2.36. The van der Waals surface area contributed by atoms with E-state index in [1.165, 1.54) is 0 Å². The molecule has 0 aromatic heterocycles. The minimum atomic E-state index is -2.93. The fourth-order valence-corrected chi connectivity index (χ4v) is 3.97. The maximum Gasteiger partial charge on any atom is 0.324 e. The van der Waals surface area contributed by atoms with Gasteiger partial charge in [-0.25, -0.2) is 8.42 Å². The molecule has 5 nitrogen and oxygen atoms in total. The van der Waals surface area contributed by atoms with Crippen LogP contribution in [0.4, 0.5) is 0 Å². The SMILES string of the molecule is O=C(O)C1(N2CCS(=O)(=O)CC2)CCCC1. The minimum Gasteiger partial charge on any atom is -0.480 e. The lowest BCUT2D eigenvalue weighted by molar-refractivity contribution is -0.151. The lowest BCUT2D eigenvalue weighted by Gasteiger charge is -2.39. The Morgan fingerprint density at radius 3 is 2.06 bits per heavy atom. The van der Waals surface area contributed by atoms with Crippen LogP contribution >= 0.6 is 0 Å². The Morgan fingerprint density at radius 2 is 1.62 bits per heavy atom. The van der Waals surface area contributed by atoms with Crippen molar-refractivity contribution in [3.05, 3.63) is 0 Å². The smallest absolute Gasteiger partial charge is 0.324 e. The molecule has 1 saturated carbocycles. The largest absolute Gasteiger partial charge is 0.480 e. The van der Waals surface area contributed by atoms with E-state index in [9.17, 15) is 18.3 Å². The first kappa shape index (κ1) is 11.9. The van der Waals surface area contributed by atoms with Gasteiger partial charge >= 0.3 is 5.97 Å². The summed E-state index contributed by atoms with van der Waals surface area (Å²) in [6, 6.07) is 0. The Hall–Kier alpha value is -0.620. The van der Waals surface area contributed by atoms with Crippen molar-refractivity contribution in [2.75, 3.05) is 24.6 Å². The second-order valence-electron chi connectivity index (χ2n) is 4.68. The molecule has 1 aliphatic heterocycles. The Kier molecular flexibility index (Phi) is 2.96. The summed E-state index contributed by atoms with van der Waals surface area (Å²) in [6.45, 7) is 0.739. The number of nitrogens with zero attached hydrogens (tertiary/aromatic N) is 1. The fraction of sp³-hybridized carbons (Fsp3) is 0.900. The second kappa shape index (κ2) is 4.00. The molecule has 0 radical (unpaired) electrons. The van der Waals surface area contributed by atoms with Crippen molar-refractivity contribution in [3.63, 3.8) is 0 Å². The Morgan fingerprint density at radius 1 is 1.12 bits per heavy atom. The number of carbonyl (C=O) groups is 1. The molecule has 1 N–H and O–H groups in total. The molecule has 0 aromatic carbocycles. The van der Waals surface area contributed by atoms with E-state index >= 15 is 0 Å². The molecule has 1 heterocycles. The fourth-order valence-electron chi connectivity index (χ4n) is 2.77. The van der Waals surface area contributed by atoms with Crippen LogP contribution in [0.3, 0.4) is 0 Å². The van der Waals surface area contributed by atoms with Gasteiger partial charge < -0.3 is 5.11 Å². The molecular weight excluding hydrogens is 230 g/mol. The molecule has 2 rings (SSSR count). The van der Waals surface area contributed by atoms with Crippen LogP contribution in [0.15, 0.2) is 0 Å². The van der Waals surface area contributed by atoms with Gasteiger partial charge in [-0.3, -0.25) is 9.69 Å². The van der Waals surface area contributed by atoms with Gasteiger partial charge in [-0.05, 0) is 12.8 Å². The predicted octanol–water partition coefficient (Wildman–Crippen LogP) is 0.114. The summed E-state index contributed by atoms with van der Waals surface area (Å²) in [4.78, 5) is 13.3. The van der Waals surface area contributed by atoms with Crippen LogP contribution < -0.4 is 0 Å². The molecule has 92 valence electrons. The van der Waals surface area contributed by atoms with Gasteiger partial charge in [0.15, 0.2) is 9.84 Å². The lowest BCUT2D eigenvalue weighted by atomic mass is 9.95. The van der Waals surface area contributed by atoms with E-state index in [0.717, 1.165) is 12.8 Å². The highest BCUT2D eigenvalue weighted by Gasteiger charge is 2.47. The summed E-state index contributed by atoms with van der Waals surface area (Å²) in [5.74, 6) is -0.589. The first-order chi connectivity index (χ1) is 7.46. The van der Waals surface area contributed by atoms with E-state index in [2.05, 4.69) is 0 Å². The zero-order valence-electron chi connectivity index (χ0n) is 9.18. The first-order valence-corrected chi connectivity index (χ1v) is 7.47. The minimum absolute atomic E-state index is 0.0992. The molecule has 0 atom stereocenters. The van der Waals surface area contributed by atoms with Crippen molar-refractivity contribution < 1.29 is 18.3 Å². The van der Waals surface area contributed by atoms with Crippen LogP contribution in [-0.4, -0.2) is 54.5 Å². The Balaban J connectivity index is 2.14. The number of hydrogen-bond acceptors (Lipinski definition) is 4. The average molecular weight is 247 g/mol. The van der Waals surface area contributed by atoms with Crippen LogP contribution in [0.25, 0.3) is 0 Å². The number of rotatable bonds is 2. The normalized spacial score (nSPS) is 29.0. The molecule has 0 spiro atoms. The van der Waals surface area contributed by atoms with Crippen molar-refractivity contribution in [2.24, 2.45) is 0 Å². The first-order valence-electron chi connectivity index (χ1n) is 5.65. The van der Waals surface area contributed by atoms with Crippen LogP contribution in [0.5, 0.6) is 0 Å². The van der Waals surface area contributed by atoms with Crippen molar-refractivity contribution in [2.45, 2.75) is 31.2 Å². The highest BCUT2D eigenvalue weighted by molar-refractivity contribution is 7.91. The van der Waals surface area contributed by atoms with Crippen LogP contribution in [-0.2, 0) is 14.6 Å². The quantitative estimate of drug-likeness (QED) is 0.750. The third kappa shape index (κ3) is 1.96. The van der Waals surface area contributed by atoms with Crippen molar-refractivity contribution in [1.29, 1.82) is 0 Å². The summed E-state index contributed by atoms with van der Waals surface area (Å²) in [6.07, 6.45) is 3.16. The number of carboxylic acids is 1. The van der Waals surface area contributed by atoms with E-state index in [1.54, 1.807) is 0 Å². The zero-order valence-corrected chi connectivity index (χ0v) is 10.0. The summed E-state index contributed by atoms with van der Waals surface area (Å²) < 4.78 is 22.6. The molecule has 6 heteroatoms. The molecule has 0 amide bonds. The maximum absolute atomic E-state index is 11.4. The van der Waals surface area contributed by atoms with Gasteiger partial charge in [0, 0.05) is 13.1 Å². The summed E-state index contributed by atoms with van der Waals surface area (Å²) in [5, 5.41) is 9.35. The topological polar surface area (TPSA) is 74.7 Å². The summed E-state index contributed by atoms with van der Waals surface area (Å²) in [5.41, 5.74) is -0.782. The third-order valence-corrected chi connectivity index (χ3v) is 5.39. The number of carboxylic acid groups (broad SMARTS) is 1. The van der Waals surface area contributed by atoms with Crippen LogP contribution in [0.2, 0.25) is 0 Å². The molecule has 0 bridgehead atoms. The van der Waals surface area contributed by atoms with Gasteiger partial charge in [-0.2, -0.15) is 0 Å². The molecule has 2 aliphatic rings. The van der Waals surface area contributed by atoms with Gasteiger partial charge in [0.1, 0.15) is 5.54 Å². The van der Waals surface area contributed by atoms with Crippen LogP contribution in [0.1, 0.15) is 25.7 Å². The third-order valence-electron chi connectivity index (χ3n) is 3.78. The maximum atomic E-state index is 11.4. The molecule has 2 fully saturated rings. The van der Waals surface area contributed by atoms with Gasteiger partial charge in [0.05, 0.1) is 11.5 Å². The standard InChI is InChI=1S/C10H17NO4S/c12-9(13)10(3-1-2-4-10)11-5-7-16(14,15)8-6-11/h1-8H2,(H,12,13). The number of sulfone groups is 1. The van der Waals surface area contributed by atoms with Crippen molar-refractivity contribution in [3.8, 4) is 0 Å². The van der Waals surface area contributed by atoms with Crippen molar-refractivity contribution >= 4 is 15.8 Å². The monoisotopic (exact) mass is 247 g/mol. The van der Waals surface area contributed by atoms with E-state index in [1.807, 2.05) is 4.90 Å². The molecule has 1 saturated heterocycles. The van der Waals surface area contributed by atoms with Crippen LogP contribution in [0, 0.1) is 0 Å². The Labute approximate surface area is 95.4 Å². The van der Waals surface area contributed by atoms with Gasteiger partial charge in [0.2, 0.25) is 0 Å². The van der Waals surface area contributed by atoms with Crippen molar-refractivity contribution in [1.82, 2.24) is 4.90 Å². The molecule has 0 aromatic rings. The summed E-state index contributed by atoms with van der Waals surface area (Å²) >= 11 is 0. The van der Waals surface area contributed by atoms with Gasteiger partial charge in [-0.15, -0.1) is 0 Å². The Bertz CT molecular complexity index is 370. The molecule has 0 unspecified atom stereocenters.